The quantitative estimate of drug-likeness (QED) is 0.625. The lowest BCUT2D eigenvalue weighted by Crippen LogP contribution is -1.88. The van der Waals surface area contributed by atoms with Crippen molar-refractivity contribution in [1.29, 1.82) is 0 Å². The Bertz CT molecular complexity index is 722. The van der Waals surface area contributed by atoms with Crippen molar-refractivity contribution in [3.05, 3.63) is 77.5 Å². The predicted molar refractivity (Wildman–Crippen MR) is 80.4 cm³/mol. The van der Waals surface area contributed by atoms with Gasteiger partial charge >= 0.3 is 0 Å². The highest BCUT2D eigenvalue weighted by molar-refractivity contribution is 6.30. The summed E-state index contributed by atoms with van der Waals surface area (Å²) < 4.78 is 5.54. The number of rotatable bonds is 3. The maximum Gasteiger partial charge on any atom is 0.134 e. The normalized spacial score (nSPS) is 10.8. The molecule has 19 heavy (non-hydrogen) atoms. The number of hydrogen-bond acceptors (Lipinski definition) is 1. The number of allylic oxidation sites excluding steroid dienone is 1. The van der Waals surface area contributed by atoms with E-state index in [4.69, 9.17) is 16.0 Å². The average Bonchev–Trinajstić information content (AvgIpc) is 2.83. The highest BCUT2D eigenvalue weighted by atomic mass is 35.5. The predicted octanol–water partition coefficient (Wildman–Crippen LogP) is 5.34. The topological polar surface area (TPSA) is 13.1 Å². The highest BCUT2D eigenvalue weighted by Crippen LogP contribution is 2.26. The molecule has 1 aromatic heterocycles. The van der Waals surface area contributed by atoms with Gasteiger partial charge in [-0.1, -0.05) is 48.5 Å². The Morgan fingerprint density at radius 3 is 2.58 bits per heavy atom. The minimum absolute atomic E-state index is 0.741. The molecule has 0 radical (unpaired) electrons. The first-order chi connectivity index (χ1) is 9.24. The first-order valence-corrected chi connectivity index (χ1v) is 6.50. The molecule has 3 rings (SSSR count). The first-order valence-electron chi connectivity index (χ1n) is 6.13. The molecule has 0 aliphatic heterocycles. The van der Waals surface area contributed by atoms with Crippen molar-refractivity contribution in [1.82, 2.24) is 0 Å². The van der Waals surface area contributed by atoms with Gasteiger partial charge in [0.25, 0.3) is 0 Å². The third-order valence-corrected chi connectivity index (χ3v) is 3.47. The fourth-order valence-corrected chi connectivity index (χ4v) is 2.31. The van der Waals surface area contributed by atoms with Gasteiger partial charge in [0.05, 0.1) is 6.26 Å². The number of para-hydroxylation sites is 1. The van der Waals surface area contributed by atoms with E-state index in [0.29, 0.717) is 0 Å². The van der Waals surface area contributed by atoms with Gasteiger partial charge in [-0.25, -0.2) is 0 Å². The fraction of sp³-hybridized carbons (Fsp3) is 0.0588. The molecule has 2 aromatic carbocycles. The lowest BCUT2D eigenvalue weighted by atomic mass is 9.99. The first kappa shape index (κ1) is 12.1. The Hall–Kier alpha value is -1.99. The summed E-state index contributed by atoms with van der Waals surface area (Å²) in [6, 6.07) is 15.8. The van der Waals surface area contributed by atoms with Crippen molar-refractivity contribution in [2.24, 2.45) is 0 Å². The van der Waals surface area contributed by atoms with Gasteiger partial charge in [0, 0.05) is 22.4 Å². The molecule has 0 spiro atoms. The van der Waals surface area contributed by atoms with Gasteiger partial charge in [0.15, 0.2) is 0 Å². The molecule has 0 N–H and O–H groups in total. The molecular formula is C17H13ClO. The molecule has 0 saturated carbocycles. The minimum Gasteiger partial charge on any atom is -0.464 e. The second-order valence-corrected chi connectivity index (χ2v) is 4.98. The molecule has 0 bridgehead atoms. The Labute approximate surface area is 117 Å². The van der Waals surface area contributed by atoms with Gasteiger partial charge in [-0.2, -0.15) is 0 Å². The molecule has 0 saturated heterocycles. The van der Waals surface area contributed by atoms with Crippen molar-refractivity contribution < 1.29 is 4.42 Å². The summed E-state index contributed by atoms with van der Waals surface area (Å²) in [5.41, 5.74) is 4.25. The molecule has 2 heteroatoms. The van der Waals surface area contributed by atoms with Gasteiger partial charge in [-0.05, 0) is 29.3 Å². The summed E-state index contributed by atoms with van der Waals surface area (Å²) in [7, 11) is 0. The lowest BCUT2D eigenvalue weighted by molar-refractivity contribution is 0.612. The Balaban J connectivity index is 1.89. The van der Waals surface area contributed by atoms with Crippen LogP contribution in [0.15, 0.2) is 65.8 Å². The smallest absolute Gasteiger partial charge is 0.134 e. The zero-order chi connectivity index (χ0) is 13.2. The second kappa shape index (κ2) is 4.94. The van der Waals surface area contributed by atoms with Crippen LogP contribution in [0.2, 0.25) is 5.02 Å². The summed E-state index contributed by atoms with van der Waals surface area (Å²) >= 11 is 5.89. The van der Waals surface area contributed by atoms with E-state index in [9.17, 15) is 0 Å². The Kier molecular flexibility index (Phi) is 3.14. The molecule has 0 unspecified atom stereocenters. The Morgan fingerprint density at radius 2 is 1.79 bits per heavy atom. The van der Waals surface area contributed by atoms with Crippen LogP contribution in [0.25, 0.3) is 16.5 Å². The standard InChI is InChI=1S/C17H13ClO/c1-12(13-6-8-15(18)9-7-13)10-14-11-19-17-5-3-2-4-16(14)17/h2-9,11H,1,10H2. The SMILES string of the molecule is C=C(Cc1coc2ccccc12)c1ccc(Cl)cc1. The van der Waals surface area contributed by atoms with Gasteiger partial charge in [-0.3, -0.25) is 0 Å². The molecule has 94 valence electrons. The van der Waals surface area contributed by atoms with E-state index in [2.05, 4.69) is 12.6 Å². The Morgan fingerprint density at radius 1 is 1.05 bits per heavy atom. The van der Waals surface area contributed by atoms with Crippen LogP contribution in [0.4, 0.5) is 0 Å². The van der Waals surface area contributed by atoms with Crippen LogP contribution in [0.5, 0.6) is 0 Å². The zero-order valence-corrected chi connectivity index (χ0v) is 11.2. The van der Waals surface area contributed by atoms with E-state index in [-0.39, 0.29) is 0 Å². The van der Waals surface area contributed by atoms with Gasteiger partial charge < -0.3 is 4.42 Å². The van der Waals surface area contributed by atoms with Crippen LogP contribution in [-0.2, 0) is 6.42 Å². The number of benzene rings is 2. The number of hydrogen-bond donors (Lipinski definition) is 0. The molecule has 1 heterocycles. The van der Waals surface area contributed by atoms with Crippen LogP contribution in [0.3, 0.4) is 0 Å². The van der Waals surface area contributed by atoms with Crippen LogP contribution in [0, 0.1) is 0 Å². The van der Waals surface area contributed by atoms with Gasteiger partial charge in [0.2, 0.25) is 0 Å². The van der Waals surface area contributed by atoms with Crippen molar-refractivity contribution in [3.63, 3.8) is 0 Å². The number of halogens is 1. The van der Waals surface area contributed by atoms with E-state index >= 15 is 0 Å². The third-order valence-electron chi connectivity index (χ3n) is 3.22. The number of furan rings is 1. The summed E-state index contributed by atoms with van der Waals surface area (Å²) in [6.07, 6.45) is 2.59. The molecular weight excluding hydrogens is 256 g/mol. The number of fused-ring (bicyclic) bond motifs is 1. The molecule has 0 fully saturated rings. The fourth-order valence-electron chi connectivity index (χ4n) is 2.19. The lowest BCUT2D eigenvalue weighted by Gasteiger charge is -2.05. The van der Waals surface area contributed by atoms with Crippen molar-refractivity contribution in [3.8, 4) is 0 Å². The van der Waals surface area contributed by atoms with Crippen molar-refractivity contribution in [2.45, 2.75) is 6.42 Å². The van der Waals surface area contributed by atoms with Crippen molar-refractivity contribution >= 4 is 28.1 Å². The zero-order valence-electron chi connectivity index (χ0n) is 10.4. The molecule has 0 aliphatic rings. The minimum atomic E-state index is 0.741. The van der Waals surface area contributed by atoms with Crippen LogP contribution in [0.1, 0.15) is 11.1 Å². The van der Waals surface area contributed by atoms with Gasteiger partial charge in [-0.15, -0.1) is 0 Å². The average molecular weight is 269 g/mol. The van der Waals surface area contributed by atoms with E-state index in [1.807, 2.05) is 48.7 Å². The third kappa shape index (κ3) is 2.42. The molecule has 1 nitrogen and oxygen atoms in total. The molecule has 0 amide bonds. The van der Waals surface area contributed by atoms with E-state index in [1.165, 1.54) is 0 Å². The summed E-state index contributed by atoms with van der Waals surface area (Å²) in [4.78, 5) is 0. The van der Waals surface area contributed by atoms with Crippen molar-refractivity contribution in [2.75, 3.05) is 0 Å². The maximum atomic E-state index is 5.89. The molecule has 0 aliphatic carbocycles. The maximum absolute atomic E-state index is 5.89. The summed E-state index contributed by atoms with van der Waals surface area (Å²) in [5.74, 6) is 0. The van der Waals surface area contributed by atoms with Crippen LogP contribution >= 0.6 is 11.6 Å². The van der Waals surface area contributed by atoms with E-state index < -0.39 is 0 Å². The molecule has 0 atom stereocenters. The molecule has 3 aromatic rings. The summed E-state index contributed by atoms with van der Waals surface area (Å²) in [6.45, 7) is 4.15. The monoisotopic (exact) mass is 268 g/mol. The van der Waals surface area contributed by atoms with Crippen LogP contribution in [-0.4, -0.2) is 0 Å². The van der Waals surface area contributed by atoms with E-state index in [1.54, 1.807) is 0 Å². The largest absolute Gasteiger partial charge is 0.464 e. The summed E-state index contributed by atoms with van der Waals surface area (Å²) in [5, 5.41) is 1.89. The van der Waals surface area contributed by atoms with Gasteiger partial charge in [0.1, 0.15) is 5.58 Å². The highest BCUT2D eigenvalue weighted by Gasteiger charge is 2.07. The second-order valence-electron chi connectivity index (χ2n) is 4.54. The van der Waals surface area contributed by atoms with Crippen LogP contribution < -0.4 is 0 Å². The van der Waals surface area contributed by atoms with E-state index in [0.717, 1.165) is 39.1 Å².